The lowest BCUT2D eigenvalue weighted by molar-refractivity contribution is -0.139. The molecule has 0 saturated heterocycles. The number of halogens is 4. The van der Waals surface area contributed by atoms with Crippen LogP contribution >= 0.6 is 15.9 Å². The second-order valence-corrected chi connectivity index (χ2v) is 3.63. The van der Waals surface area contributed by atoms with Gasteiger partial charge in [0.2, 0.25) is 0 Å². The Kier molecular flexibility index (Phi) is 3.98. The molecule has 0 amide bonds. The molecule has 0 aromatic heterocycles. The largest absolute Gasteiger partial charge is 0.491 e. The van der Waals surface area contributed by atoms with E-state index in [1.807, 2.05) is 0 Å². The minimum absolute atomic E-state index is 0.162. The summed E-state index contributed by atoms with van der Waals surface area (Å²) in [4.78, 5) is 0. The number of hydrogen-bond acceptors (Lipinski definition) is 2. The van der Waals surface area contributed by atoms with Crippen molar-refractivity contribution >= 4 is 15.9 Å². The third-order valence-electron chi connectivity index (χ3n) is 1.60. The molecule has 1 N–H and O–H groups in total. The molecule has 0 aliphatic rings. The molecule has 0 radical (unpaired) electrons. The quantitative estimate of drug-likeness (QED) is 0.925. The second kappa shape index (κ2) is 4.85. The van der Waals surface area contributed by atoms with Gasteiger partial charge in [0.05, 0.1) is 12.2 Å². The van der Waals surface area contributed by atoms with E-state index in [1.165, 1.54) is 12.1 Å². The predicted molar refractivity (Wildman–Crippen MR) is 51.7 cm³/mol. The molecule has 1 aromatic carbocycles. The fourth-order valence-electron chi connectivity index (χ4n) is 1.01. The summed E-state index contributed by atoms with van der Waals surface area (Å²) in [5.41, 5.74) is -0.856. The molecule has 0 aliphatic carbocycles. The van der Waals surface area contributed by atoms with E-state index >= 15 is 0 Å². The topological polar surface area (TPSA) is 29.5 Å². The Morgan fingerprint density at radius 2 is 2.00 bits per heavy atom. The molecule has 6 heteroatoms. The molecule has 0 unspecified atom stereocenters. The number of aliphatic hydroxyl groups is 1. The van der Waals surface area contributed by atoms with E-state index in [4.69, 9.17) is 9.84 Å². The van der Waals surface area contributed by atoms with Crippen molar-refractivity contribution in [2.75, 3.05) is 13.2 Å². The van der Waals surface area contributed by atoms with Gasteiger partial charge < -0.3 is 9.84 Å². The van der Waals surface area contributed by atoms with Gasteiger partial charge in [-0.25, -0.2) is 0 Å². The maximum atomic E-state index is 12.5. The normalized spacial score (nSPS) is 11.5. The molecule has 1 rings (SSSR count). The van der Waals surface area contributed by atoms with Gasteiger partial charge in [0.25, 0.3) is 0 Å². The van der Waals surface area contributed by atoms with E-state index in [0.29, 0.717) is 4.47 Å². The molecule has 1 aromatic rings. The van der Waals surface area contributed by atoms with Gasteiger partial charge >= 0.3 is 6.18 Å². The van der Waals surface area contributed by atoms with Gasteiger partial charge in [-0.1, -0.05) is 15.9 Å². The van der Waals surface area contributed by atoms with Crippen molar-refractivity contribution in [2.45, 2.75) is 6.18 Å². The van der Waals surface area contributed by atoms with Crippen LogP contribution in [0.15, 0.2) is 22.7 Å². The van der Waals surface area contributed by atoms with Crippen LogP contribution in [0.1, 0.15) is 5.56 Å². The average molecular weight is 285 g/mol. The van der Waals surface area contributed by atoms with Crippen LogP contribution in [0.5, 0.6) is 5.75 Å². The third-order valence-corrected chi connectivity index (χ3v) is 2.09. The summed E-state index contributed by atoms with van der Waals surface area (Å²) < 4.78 is 42.6. The van der Waals surface area contributed by atoms with Gasteiger partial charge in [0.1, 0.15) is 12.4 Å². The summed E-state index contributed by atoms with van der Waals surface area (Å²) >= 11 is 2.95. The molecular weight excluding hydrogens is 277 g/mol. The van der Waals surface area contributed by atoms with Crippen molar-refractivity contribution in [3.05, 3.63) is 28.2 Å². The van der Waals surface area contributed by atoms with E-state index in [2.05, 4.69) is 15.9 Å². The van der Waals surface area contributed by atoms with Gasteiger partial charge in [-0.05, 0) is 18.2 Å². The van der Waals surface area contributed by atoms with Crippen LogP contribution in [-0.2, 0) is 6.18 Å². The van der Waals surface area contributed by atoms with Crippen LogP contribution < -0.4 is 4.74 Å². The highest BCUT2D eigenvalue weighted by Crippen LogP contribution is 2.37. The monoisotopic (exact) mass is 284 g/mol. The van der Waals surface area contributed by atoms with E-state index in [0.717, 1.165) is 6.07 Å². The van der Waals surface area contributed by atoms with E-state index < -0.39 is 11.7 Å². The number of rotatable bonds is 3. The van der Waals surface area contributed by atoms with Crippen molar-refractivity contribution in [3.63, 3.8) is 0 Å². The van der Waals surface area contributed by atoms with Crippen LogP contribution in [0.2, 0.25) is 0 Å². The van der Waals surface area contributed by atoms with Crippen LogP contribution in [0.25, 0.3) is 0 Å². The molecular formula is C9H8BrF3O2. The fraction of sp³-hybridized carbons (Fsp3) is 0.333. The van der Waals surface area contributed by atoms with Crippen molar-refractivity contribution < 1.29 is 23.0 Å². The van der Waals surface area contributed by atoms with Crippen LogP contribution in [0.4, 0.5) is 13.2 Å². The minimum atomic E-state index is -4.46. The van der Waals surface area contributed by atoms with Gasteiger partial charge in [-0.2, -0.15) is 13.2 Å². The molecule has 0 atom stereocenters. The van der Waals surface area contributed by atoms with Crippen molar-refractivity contribution in [2.24, 2.45) is 0 Å². The number of benzene rings is 1. The molecule has 0 aliphatic heterocycles. The summed E-state index contributed by atoms with van der Waals surface area (Å²) in [5.74, 6) is -0.278. The Labute approximate surface area is 92.8 Å². The first-order chi connectivity index (χ1) is 6.95. The van der Waals surface area contributed by atoms with Crippen molar-refractivity contribution in [3.8, 4) is 5.75 Å². The minimum Gasteiger partial charge on any atom is -0.491 e. The Morgan fingerprint density at radius 1 is 1.33 bits per heavy atom. The molecule has 2 nitrogen and oxygen atoms in total. The van der Waals surface area contributed by atoms with E-state index in [9.17, 15) is 13.2 Å². The van der Waals surface area contributed by atoms with Gasteiger partial charge in [-0.15, -0.1) is 0 Å². The SMILES string of the molecule is OCCOc1ccc(Br)cc1C(F)(F)F. The van der Waals surface area contributed by atoms with Gasteiger partial charge in [0.15, 0.2) is 0 Å². The lowest BCUT2D eigenvalue weighted by atomic mass is 10.2. The summed E-state index contributed by atoms with van der Waals surface area (Å²) in [6.07, 6.45) is -4.46. The maximum absolute atomic E-state index is 12.5. The summed E-state index contributed by atoms with van der Waals surface area (Å²) in [6, 6.07) is 3.59. The first-order valence-electron chi connectivity index (χ1n) is 4.05. The van der Waals surface area contributed by atoms with E-state index in [-0.39, 0.29) is 19.0 Å². The fourth-order valence-corrected chi connectivity index (χ4v) is 1.37. The Hall–Kier alpha value is -0.750. The first-order valence-corrected chi connectivity index (χ1v) is 4.85. The Balaban J connectivity index is 3.04. The molecule has 0 bridgehead atoms. The molecule has 0 fully saturated rings. The number of aliphatic hydroxyl groups excluding tert-OH is 1. The average Bonchev–Trinajstić information content (AvgIpc) is 2.14. The lowest BCUT2D eigenvalue weighted by Crippen LogP contribution is -2.10. The van der Waals surface area contributed by atoms with Gasteiger partial charge in [-0.3, -0.25) is 0 Å². The van der Waals surface area contributed by atoms with Crippen LogP contribution in [0.3, 0.4) is 0 Å². The standard InChI is InChI=1S/C9H8BrF3O2/c10-6-1-2-8(15-4-3-14)7(5-6)9(11,12)13/h1-2,5,14H,3-4H2. The number of ether oxygens (including phenoxy) is 1. The smallest absolute Gasteiger partial charge is 0.420 e. The zero-order chi connectivity index (χ0) is 11.5. The number of alkyl halides is 3. The first kappa shape index (κ1) is 12.3. The van der Waals surface area contributed by atoms with Gasteiger partial charge in [0, 0.05) is 4.47 Å². The lowest BCUT2D eigenvalue weighted by Gasteiger charge is -2.13. The molecule has 0 saturated carbocycles. The van der Waals surface area contributed by atoms with Crippen molar-refractivity contribution in [1.82, 2.24) is 0 Å². The van der Waals surface area contributed by atoms with Crippen molar-refractivity contribution in [1.29, 1.82) is 0 Å². The summed E-state index contributed by atoms with van der Waals surface area (Å²) in [7, 11) is 0. The highest BCUT2D eigenvalue weighted by molar-refractivity contribution is 9.10. The predicted octanol–water partition coefficient (Wildman–Crippen LogP) is 2.84. The highest BCUT2D eigenvalue weighted by Gasteiger charge is 2.34. The maximum Gasteiger partial charge on any atom is 0.420 e. The van der Waals surface area contributed by atoms with E-state index in [1.54, 1.807) is 0 Å². The zero-order valence-electron chi connectivity index (χ0n) is 7.51. The highest BCUT2D eigenvalue weighted by atomic mass is 79.9. The van der Waals surface area contributed by atoms with Crippen LogP contribution in [-0.4, -0.2) is 18.3 Å². The molecule has 0 spiro atoms. The summed E-state index contributed by atoms with van der Waals surface area (Å²) in [6.45, 7) is -0.488. The molecule has 15 heavy (non-hydrogen) atoms. The zero-order valence-corrected chi connectivity index (χ0v) is 9.10. The molecule has 0 heterocycles. The third kappa shape index (κ3) is 3.39. The molecule has 84 valence electrons. The number of hydrogen-bond donors (Lipinski definition) is 1. The Bertz CT molecular complexity index is 339. The Morgan fingerprint density at radius 3 is 2.53 bits per heavy atom. The second-order valence-electron chi connectivity index (χ2n) is 2.71. The summed E-state index contributed by atoms with van der Waals surface area (Å²) in [5, 5.41) is 8.46. The van der Waals surface area contributed by atoms with Crippen LogP contribution in [0, 0.1) is 0 Å².